The van der Waals surface area contributed by atoms with E-state index in [0.717, 1.165) is 66.4 Å². The number of hydroxylamine groups is 2. The van der Waals surface area contributed by atoms with Crippen LogP contribution in [-0.2, 0) is 9.63 Å². The summed E-state index contributed by atoms with van der Waals surface area (Å²) in [5.41, 5.74) is 2.85. The average Bonchev–Trinajstić information content (AvgIpc) is 2.80. The van der Waals surface area contributed by atoms with Gasteiger partial charge in [0.15, 0.2) is 11.5 Å². The van der Waals surface area contributed by atoms with E-state index in [9.17, 15) is 4.79 Å². The molecule has 2 aliphatic heterocycles. The Morgan fingerprint density at radius 2 is 1.94 bits per heavy atom. The maximum Gasteiger partial charge on any atom is 0.160 e. The van der Waals surface area contributed by atoms with Crippen LogP contribution in [-0.4, -0.2) is 71.6 Å². The van der Waals surface area contributed by atoms with Gasteiger partial charge in [-0.3, -0.25) is 19.6 Å². The van der Waals surface area contributed by atoms with Crippen molar-refractivity contribution in [2.45, 2.75) is 13.3 Å². The van der Waals surface area contributed by atoms with Crippen molar-refractivity contribution in [3.63, 3.8) is 0 Å². The highest BCUT2D eigenvalue weighted by molar-refractivity contribution is 5.94. The molecule has 1 fully saturated rings. The quantitative estimate of drug-likeness (QED) is 0.695. The first-order chi connectivity index (χ1) is 15.6. The van der Waals surface area contributed by atoms with Crippen LogP contribution in [0.5, 0.6) is 5.75 Å². The number of fused-ring (bicyclic) bond motifs is 2. The summed E-state index contributed by atoms with van der Waals surface area (Å²) in [5.74, 6) is 1.80. The molecule has 1 aliphatic carbocycles. The summed E-state index contributed by atoms with van der Waals surface area (Å²) in [4.78, 5) is 26.9. The second-order valence-corrected chi connectivity index (χ2v) is 8.39. The van der Waals surface area contributed by atoms with E-state index < -0.39 is 0 Å². The number of aromatic nitrogens is 1. The van der Waals surface area contributed by atoms with Crippen molar-refractivity contribution in [3.05, 3.63) is 71.8 Å². The minimum Gasteiger partial charge on any atom is -0.492 e. The Kier molecular flexibility index (Phi) is 5.92. The third-order valence-corrected chi connectivity index (χ3v) is 6.03. The van der Waals surface area contributed by atoms with Gasteiger partial charge in [-0.15, -0.1) is 0 Å². The Morgan fingerprint density at radius 1 is 1.09 bits per heavy atom. The van der Waals surface area contributed by atoms with Crippen LogP contribution in [0.15, 0.2) is 66.1 Å². The van der Waals surface area contributed by atoms with E-state index in [4.69, 9.17) is 9.57 Å². The molecule has 0 radical (unpaired) electrons. The first-order valence-electron chi connectivity index (χ1n) is 11.2. The molecule has 0 amide bonds. The molecule has 166 valence electrons. The van der Waals surface area contributed by atoms with Gasteiger partial charge in [-0.1, -0.05) is 6.07 Å². The Hall–Kier alpha value is -3.16. The topological polar surface area (TPSA) is 58.1 Å². The number of piperazine rings is 1. The number of pyridine rings is 1. The first-order valence-corrected chi connectivity index (χ1v) is 11.2. The normalized spacial score (nSPS) is 19.4. The number of ketones is 1. The Labute approximate surface area is 188 Å². The number of rotatable bonds is 6. The monoisotopic (exact) mass is 432 g/mol. The van der Waals surface area contributed by atoms with Gasteiger partial charge in [-0.05, 0) is 49.4 Å². The number of benzene rings is 1. The number of aryl methyl sites for hydroxylation is 1. The number of nitrogens with zero attached hydrogens (tertiary/aromatic N) is 4. The number of allylic oxidation sites excluding steroid dienone is 3. The van der Waals surface area contributed by atoms with E-state index in [1.165, 1.54) is 0 Å². The molecule has 1 aromatic carbocycles. The van der Waals surface area contributed by atoms with Gasteiger partial charge in [0.05, 0.1) is 5.52 Å². The summed E-state index contributed by atoms with van der Waals surface area (Å²) >= 11 is 0. The smallest absolute Gasteiger partial charge is 0.160 e. The summed E-state index contributed by atoms with van der Waals surface area (Å²) in [6.45, 7) is 8.23. The fraction of sp³-hybridized carbons (Fsp3) is 0.360. The standard InChI is InChI=1S/C25H28N4O3/c1-19-5-7-22-23(26-19)3-2-4-25(22)31-16-15-27-11-13-28(14-12-27)18-29-10-9-20-17-21(30)6-8-24(20)32-29/h2-5,7-10,17H,6,11-16,18H2,1H3. The van der Waals surface area contributed by atoms with E-state index in [-0.39, 0.29) is 5.78 Å². The highest BCUT2D eigenvalue weighted by Gasteiger charge is 2.23. The van der Waals surface area contributed by atoms with Crippen LogP contribution >= 0.6 is 0 Å². The number of carbonyl (C=O) groups excluding carboxylic acids is 1. The van der Waals surface area contributed by atoms with Gasteiger partial charge in [0.25, 0.3) is 0 Å². The van der Waals surface area contributed by atoms with Crippen molar-refractivity contribution in [2.24, 2.45) is 0 Å². The summed E-state index contributed by atoms with van der Waals surface area (Å²) in [7, 11) is 0. The maximum atomic E-state index is 11.5. The third kappa shape index (κ3) is 4.69. The second-order valence-electron chi connectivity index (χ2n) is 8.39. The Balaban J connectivity index is 1.07. The van der Waals surface area contributed by atoms with E-state index in [1.54, 1.807) is 6.08 Å². The second kappa shape index (κ2) is 9.14. The molecular weight excluding hydrogens is 404 g/mol. The van der Waals surface area contributed by atoms with Gasteiger partial charge in [0.1, 0.15) is 19.0 Å². The number of hydrogen-bond donors (Lipinski definition) is 0. The molecular formula is C25H28N4O3. The van der Waals surface area contributed by atoms with Crippen LogP contribution in [0, 0.1) is 6.92 Å². The van der Waals surface area contributed by atoms with Crippen LogP contribution in [0.3, 0.4) is 0 Å². The largest absolute Gasteiger partial charge is 0.492 e. The molecule has 0 N–H and O–H groups in total. The lowest BCUT2D eigenvalue weighted by Gasteiger charge is -2.37. The van der Waals surface area contributed by atoms with E-state index in [1.807, 2.05) is 54.6 Å². The zero-order chi connectivity index (χ0) is 21.9. The summed E-state index contributed by atoms with van der Waals surface area (Å²) in [6, 6.07) is 10.2. The van der Waals surface area contributed by atoms with Crippen LogP contribution < -0.4 is 4.74 Å². The molecule has 1 saturated heterocycles. The minimum absolute atomic E-state index is 0.123. The SMILES string of the molecule is Cc1ccc2c(OCCN3CCN(CN4C=CC5=CC(=O)CC=C5O4)CC3)cccc2n1. The molecule has 7 heteroatoms. The van der Waals surface area contributed by atoms with Crippen LogP contribution in [0.2, 0.25) is 0 Å². The average molecular weight is 433 g/mol. The van der Waals surface area contributed by atoms with Crippen molar-refractivity contribution in [1.82, 2.24) is 19.8 Å². The molecule has 0 unspecified atom stereocenters. The third-order valence-electron chi connectivity index (χ3n) is 6.03. The lowest BCUT2D eigenvalue weighted by molar-refractivity contribution is -0.119. The molecule has 1 aromatic heterocycles. The van der Waals surface area contributed by atoms with Gasteiger partial charge in [0.2, 0.25) is 0 Å². The fourth-order valence-corrected chi connectivity index (χ4v) is 4.22. The maximum absolute atomic E-state index is 11.5. The lowest BCUT2D eigenvalue weighted by Crippen LogP contribution is -2.50. The lowest BCUT2D eigenvalue weighted by atomic mass is 10.0. The van der Waals surface area contributed by atoms with Crippen molar-refractivity contribution >= 4 is 16.7 Å². The van der Waals surface area contributed by atoms with Crippen molar-refractivity contribution in [2.75, 3.05) is 46.0 Å². The van der Waals surface area contributed by atoms with Crippen LogP contribution in [0.4, 0.5) is 0 Å². The Morgan fingerprint density at radius 3 is 2.81 bits per heavy atom. The first kappa shape index (κ1) is 20.7. The van der Waals surface area contributed by atoms with Gasteiger partial charge in [0, 0.05) is 62.0 Å². The molecule has 3 heterocycles. The molecule has 0 atom stereocenters. The van der Waals surface area contributed by atoms with Gasteiger partial charge in [-0.2, -0.15) is 0 Å². The summed E-state index contributed by atoms with van der Waals surface area (Å²) in [6.07, 6.45) is 7.78. The molecule has 7 nitrogen and oxygen atoms in total. The highest BCUT2D eigenvalue weighted by atomic mass is 16.7. The number of hydrogen-bond acceptors (Lipinski definition) is 7. The van der Waals surface area contributed by atoms with E-state index in [2.05, 4.69) is 20.9 Å². The van der Waals surface area contributed by atoms with Crippen LogP contribution in [0.1, 0.15) is 12.1 Å². The minimum atomic E-state index is 0.123. The Bertz CT molecular complexity index is 1100. The molecule has 0 saturated carbocycles. The van der Waals surface area contributed by atoms with E-state index >= 15 is 0 Å². The molecule has 32 heavy (non-hydrogen) atoms. The zero-order valence-corrected chi connectivity index (χ0v) is 18.4. The zero-order valence-electron chi connectivity index (χ0n) is 18.4. The fourth-order valence-electron chi connectivity index (χ4n) is 4.22. The van der Waals surface area contributed by atoms with Crippen molar-refractivity contribution in [1.29, 1.82) is 0 Å². The molecule has 3 aliphatic rings. The molecule has 0 spiro atoms. The van der Waals surface area contributed by atoms with Crippen LogP contribution in [0.25, 0.3) is 10.9 Å². The number of ether oxygens (including phenoxy) is 1. The van der Waals surface area contributed by atoms with Crippen molar-refractivity contribution in [3.8, 4) is 5.75 Å². The predicted octanol–water partition coefficient (Wildman–Crippen LogP) is 3.04. The van der Waals surface area contributed by atoms with Gasteiger partial charge in [-0.25, -0.2) is 5.06 Å². The van der Waals surface area contributed by atoms with Gasteiger partial charge >= 0.3 is 0 Å². The molecule has 0 bridgehead atoms. The van der Waals surface area contributed by atoms with Gasteiger partial charge < -0.3 is 9.57 Å². The highest BCUT2D eigenvalue weighted by Crippen LogP contribution is 2.26. The summed E-state index contributed by atoms with van der Waals surface area (Å²) < 4.78 is 6.10. The van der Waals surface area contributed by atoms with E-state index in [0.29, 0.717) is 19.7 Å². The predicted molar refractivity (Wildman–Crippen MR) is 123 cm³/mol. The molecule has 5 rings (SSSR count). The number of carbonyl (C=O) groups is 1. The summed E-state index contributed by atoms with van der Waals surface area (Å²) in [5, 5.41) is 2.90. The molecule has 2 aromatic rings. The van der Waals surface area contributed by atoms with Crippen molar-refractivity contribution < 1.29 is 14.4 Å².